The minimum atomic E-state index is -2.93. The van der Waals surface area contributed by atoms with Crippen molar-refractivity contribution in [3.8, 4) is 11.5 Å². The molecule has 10 heteroatoms. The van der Waals surface area contributed by atoms with E-state index in [1.807, 2.05) is 6.07 Å². The lowest BCUT2D eigenvalue weighted by Gasteiger charge is -2.16. The summed E-state index contributed by atoms with van der Waals surface area (Å²) in [6.45, 7) is -0.957. The van der Waals surface area contributed by atoms with Gasteiger partial charge in [-0.25, -0.2) is 0 Å². The molecule has 0 saturated carbocycles. The first-order valence-electron chi connectivity index (χ1n) is 8.94. The quantitative estimate of drug-likeness (QED) is 0.430. The summed E-state index contributed by atoms with van der Waals surface area (Å²) in [6.07, 6.45) is 0. The summed E-state index contributed by atoms with van der Waals surface area (Å²) in [5.74, 6) is 0.811. The second kappa shape index (κ2) is 11.2. The number of amides is 1. The van der Waals surface area contributed by atoms with Gasteiger partial charge in [0, 0.05) is 37.6 Å². The molecule has 30 heavy (non-hydrogen) atoms. The Bertz CT molecular complexity index is 910. The van der Waals surface area contributed by atoms with Crippen LogP contribution in [0.25, 0.3) is 0 Å². The zero-order valence-electron chi connectivity index (χ0n) is 16.8. The molecule has 0 aliphatic heterocycles. The number of ether oxygens (including phenoxy) is 2. The molecular formula is C20H23ClF2N4O3. The monoisotopic (exact) mass is 440 g/mol. The second-order valence-corrected chi connectivity index (χ2v) is 6.56. The topological polar surface area (TPSA) is 84.0 Å². The Morgan fingerprint density at radius 2 is 1.83 bits per heavy atom. The number of guanidine groups is 1. The molecule has 0 saturated heterocycles. The van der Waals surface area contributed by atoms with Crippen LogP contribution in [0.1, 0.15) is 18.1 Å². The van der Waals surface area contributed by atoms with Crippen LogP contribution in [-0.2, 0) is 17.9 Å². The Labute approximate surface area is 178 Å². The van der Waals surface area contributed by atoms with Gasteiger partial charge in [-0.1, -0.05) is 17.7 Å². The van der Waals surface area contributed by atoms with Gasteiger partial charge in [0.2, 0.25) is 5.91 Å². The largest absolute Gasteiger partial charge is 0.495 e. The van der Waals surface area contributed by atoms with Crippen LogP contribution in [0.4, 0.5) is 14.5 Å². The number of hydrogen-bond donors (Lipinski definition) is 3. The fourth-order valence-corrected chi connectivity index (χ4v) is 2.83. The number of aliphatic imine (C=N–C) groups is 1. The number of nitrogens with one attached hydrogen (secondary N) is 3. The number of alkyl halides is 2. The van der Waals surface area contributed by atoms with Gasteiger partial charge in [0.25, 0.3) is 0 Å². The Hall–Kier alpha value is -3.07. The highest BCUT2D eigenvalue weighted by molar-refractivity contribution is 6.30. The van der Waals surface area contributed by atoms with Crippen LogP contribution < -0.4 is 25.4 Å². The Kier molecular flexibility index (Phi) is 8.67. The van der Waals surface area contributed by atoms with Gasteiger partial charge in [-0.15, -0.1) is 0 Å². The van der Waals surface area contributed by atoms with Crippen molar-refractivity contribution in [1.82, 2.24) is 10.6 Å². The molecule has 0 unspecified atom stereocenters. The van der Waals surface area contributed by atoms with E-state index < -0.39 is 6.61 Å². The summed E-state index contributed by atoms with van der Waals surface area (Å²) in [5, 5.41) is 9.26. The van der Waals surface area contributed by atoms with E-state index in [1.165, 1.54) is 26.2 Å². The van der Waals surface area contributed by atoms with E-state index in [0.717, 1.165) is 5.56 Å². The van der Waals surface area contributed by atoms with Crippen LogP contribution in [0.2, 0.25) is 5.02 Å². The average Bonchev–Trinajstić information content (AvgIpc) is 2.69. The maximum Gasteiger partial charge on any atom is 0.387 e. The number of methoxy groups -OCH3 is 1. The summed E-state index contributed by atoms with van der Waals surface area (Å²) in [7, 11) is 3.10. The predicted molar refractivity (Wildman–Crippen MR) is 112 cm³/mol. The van der Waals surface area contributed by atoms with Crippen LogP contribution in [0.5, 0.6) is 11.5 Å². The lowest BCUT2D eigenvalue weighted by atomic mass is 10.2. The maximum atomic E-state index is 12.6. The first-order chi connectivity index (χ1) is 14.3. The highest BCUT2D eigenvalue weighted by atomic mass is 35.5. The highest BCUT2D eigenvalue weighted by Crippen LogP contribution is 2.26. The van der Waals surface area contributed by atoms with Crippen LogP contribution in [0, 0.1) is 0 Å². The number of benzene rings is 2. The second-order valence-electron chi connectivity index (χ2n) is 6.13. The number of hydrogen-bond acceptors (Lipinski definition) is 4. The van der Waals surface area contributed by atoms with Gasteiger partial charge in [-0.05, 0) is 35.9 Å². The summed E-state index contributed by atoms with van der Waals surface area (Å²) in [4.78, 5) is 15.5. The van der Waals surface area contributed by atoms with Crippen molar-refractivity contribution in [2.45, 2.75) is 26.6 Å². The molecule has 0 aliphatic rings. The molecule has 2 rings (SSSR count). The normalized spacial score (nSPS) is 11.2. The highest BCUT2D eigenvalue weighted by Gasteiger charge is 2.11. The SMILES string of the molecule is CN=C(NCc1ccc(OC)c(NC(C)=O)c1)NCc1cc(Cl)ccc1OC(F)F. The number of carbonyl (C=O) groups excluding carboxylic acids is 1. The number of anilines is 1. The number of nitrogens with zero attached hydrogens (tertiary/aromatic N) is 1. The summed E-state index contributed by atoms with van der Waals surface area (Å²) in [6, 6.07) is 9.79. The van der Waals surface area contributed by atoms with Crippen molar-refractivity contribution in [2.75, 3.05) is 19.5 Å². The van der Waals surface area contributed by atoms with E-state index in [2.05, 4.69) is 25.7 Å². The van der Waals surface area contributed by atoms with E-state index in [9.17, 15) is 13.6 Å². The van der Waals surface area contributed by atoms with E-state index in [-0.39, 0.29) is 18.2 Å². The Balaban J connectivity index is 2.02. The molecule has 162 valence electrons. The van der Waals surface area contributed by atoms with Crippen LogP contribution in [0.3, 0.4) is 0 Å². The fourth-order valence-electron chi connectivity index (χ4n) is 2.63. The standard InChI is InChI=1S/C20H23ClF2N4O3/c1-12(28)27-16-8-13(4-6-18(16)29-3)10-25-20(24-2)26-11-14-9-15(21)5-7-17(14)30-19(22)23/h4-9,19H,10-11H2,1-3H3,(H,27,28)(H2,24,25,26). The van der Waals surface area contributed by atoms with E-state index in [0.29, 0.717) is 34.5 Å². The molecule has 1 amide bonds. The predicted octanol–water partition coefficient (Wildman–Crippen LogP) is 3.77. The molecule has 2 aromatic carbocycles. The molecule has 0 fully saturated rings. The molecule has 0 spiro atoms. The average molecular weight is 441 g/mol. The summed E-state index contributed by atoms with van der Waals surface area (Å²) in [5.41, 5.74) is 1.88. The molecule has 0 bridgehead atoms. The maximum absolute atomic E-state index is 12.6. The molecular weight excluding hydrogens is 418 g/mol. The van der Waals surface area contributed by atoms with Crippen molar-refractivity contribution in [1.29, 1.82) is 0 Å². The first kappa shape index (κ1) is 23.2. The van der Waals surface area contributed by atoms with Crippen LogP contribution in [0.15, 0.2) is 41.4 Å². The van der Waals surface area contributed by atoms with E-state index in [1.54, 1.807) is 25.2 Å². The molecule has 0 aliphatic carbocycles. The number of rotatable bonds is 8. The molecule has 0 radical (unpaired) electrons. The Morgan fingerprint density at radius 1 is 1.13 bits per heavy atom. The third kappa shape index (κ3) is 7.07. The third-order valence-corrected chi connectivity index (χ3v) is 4.18. The molecule has 7 nitrogen and oxygen atoms in total. The summed E-state index contributed by atoms with van der Waals surface area (Å²) < 4.78 is 34.9. The lowest BCUT2D eigenvalue weighted by Crippen LogP contribution is -2.36. The molecule has 0 heterocycles. The van der Waals surface area contributed by atoms with Gasteiger partial charge in [0.1, 0.15) is 11.5 Å². The van der Waals surface area contributed by atoms with Crippen molar-refractivity contribution < 1.29 is 23.0 Å². The minimum absolute atomic E-state index is 0.0347. The van der Waals surface area contributed by atoms with Crippen molar-refractivity contribution >= 4 is 29.2 Å². The molecule has 2 aromatic rings. The van der Waals surface area contributed by atoms with E-state index in [4.69, 9.17) is 16.3 Å². The van der Waals surface area contributed by atoms with Gasteiger partial charge in [-0.2, -0.15) is 8.78 Å². The van der Waals surface area contributed by atoms with Gasteiger partial charge in [0.05, 0.1) is 12.8 Å². The van der Waals surface area contributed by atoms with Crippen LogP contribution in [-0.4, -0.2) is 32.6 Å². The first-order valence-corrected chi connectivity index (χ1v) is 9.32. The molecule has 0 aromatic heterocycles. The smallest absolute Gasteiger partial charge is 0.387 e. The van der Waals surface area contributed by atoms with E-state index >= 15 is 0 Å². The van der Waals surface area contributed by atoms with Crippen LogP contribution >= 0.6 is 11.6 Å². The lowest BCUT2D eigenvalue weighted by molar-refractivity contribution is -0.114. The number of halogens is 3. The fraction of sp³-hybridized carbons (Fsp3) is 0.300. The van der Waals surface area contributed by atoms with Crippen molar-refractivity contribution in [3.63, 3.8) is 0 Å². The molecule has 0 atom stereocenters. The van der Waals surface area contributed by atoms with Gasteiger partial charge in [0.15, 0.2) is 5.96 Å². The van der Waals surface area contributed by atoms with Crippen molar-refractivity contribution in [3.05, 3.63) is 52.5 Å². The zero-order valence-corrected chi connectivity index (χ0v) is 17.5. The van der Waals surface area contributed by atoms with Crippen molar-refractivity contribution in [2.24, 2.45) is 4.99 Å². The molecule has 3 N–H and O–H groups in total. The third-order valence-electron chi connectivity index (χ3n) is 3.94. The van der Waals surface area contributed by atoms with Gasteiger partial charge >= 0.3 is 6.61 Å². The van der Waals surface area contributed by atoms with Gasteiger partial charge in [-0.3, -0.25) is 9.79 Å². The zero-order chi connectivity index (χ0) is 22.1. The Morgan fingerprint density at radius 3 is 2.47 bits per heavy atom. The minimum Gasteiger partial charge on any atom is -0.495 e. The number of carbonyl (C=O) groups is 1. The summed E-state index contributed by atoms with van der Waals surface area (Å²) >= 11 is 5.96. The van der Waals surface area contributed by atoms with Gasteiger partial charge < -0.3 is 25.4 Å².